The highest BCUT2D eigenvalue weighted by molar-refractivity contribution is 6.70. The molecule has 1 aromatic rings. The second-order valence-electron chi connectivity index (χ2n) is 4.34. The van der Waals surface area contributed by atoms with Gasteiger partial charge in [0.2, 0.25) is 0 Å². The first-order chi connectivity index (χ1) is 8.08. The molecule has 0 bridgehead atoms. The molecule has 0 amide bonds. The van der Waals surface area contributed by atoms with Crippen LogP contribution in [0.1, 0.15) is 25.1 Å². The number of nitrogens with zero attached hydrogens (tertiary/aromatic N) is 1. The zero-order valence-electron chi connectivity index (χ0n) is 9.80. The van der Waals surface area contributed by atoms with E-state index in [2.05, 4.69) is 23.8 Å². The Bertz CT molecular complexity index is 507. The first kappa shape index (κ1) is 12.5. The molecule has 0 fully saturated rings. The van der Waals surface area contributed by atoms with E-state index in [1.165, 1.54) is 0 Å². The van der Waals surface area contributed by atoms with Crippen molar-refractivity contribution in [2.24, 2.45) is 10.9 Å². The molecule has 2 nitrogen and oxygen atoms in total. The smallest absolute Gasteiger partial charge is 0.133 e. The van der Waals surface area contributed by atoms with Gasteiger partial charge in [0.05, 0.1) is 12.2 Å². The van der Waals surface area contributed by atoms with Gasteiger partial charge in [-0.05, 0) is 23.6 Å². The number of halogens is 2. The molecule has 0 radical (unpaired) electrons. The standard InChI is InChI=1S/C13H14Cl2N2/c1-8(2)5-10(14)6-9-7-17-13(15)11-3-4-16-12(9)11/h3-6,8,16H,7H2,1-2H3/b9-6+,10-5+. The van der Waals surface area contributed by atoms with Gasteiger partial charge in [-0.2, -0.15) is 0 Å². The van der Waals surface area contributed by atoms with Crippen LogP contribution in [0.3, 0.4) is 0 Å². The Balaban J connectivity index is 2.35. The van der Waals surface area contributed by atoms with Crippen LogP contribution in [-0.2, 0) is 0 Å². The van der Waals surface area contributed by atoms with Crippen LogP contribution in [0, 0.1) is 5.92 Å². The highest BCUT2D eigenvalue weighted by Gasteiger charge is 2.17. The van der Waals surface area contributed by atoms with E-state index in [4.69, 9.17) is 23.2 Å². The molecule has 0 saturated heterocycles. The summed E-state index contributed by atoms with van der Waals surface area (Å²) in [6.45, 7) is 4.75. The molecule has 1 aliphatic heterocycles. The molecule has 0 spiro atoms. The van der Waals surface area contributed by atoms with Gasteiger partial charge in [0, 0.05) is 16.8 Å². The molecule has 17 heavy (non-hydrogen) atoms. The number of aromatic nitrogens is 1. The number of hydrogen-bond acceptors (Lipinski definition) is 1. The van der Waals surface area contributed by atoms with Gasteiger partial charge in [0.1, 0.15) is 5.17 Å². The minimum atomic E-state index is 0.429. The number of aromatic amines is 1. The molecule has 2 heterocycles. The third-order valence-electron chi connectivity index (χ3n) is 2.48. The van der Waals surface area contributed by atoms with Crippen molar-refractivity contribution in [3.8, 4) is 0 Å². The Morgan fingerprint density at radius 2 is 2.29 bits per heavy atom. The summed E-state index contributed by atoms with van der Waals surface area (Å²) in [5, 5.41) is 1.30. The maximum Gasteiger partial charge on any atom is 0.133 e. The highest BCUT2D eigenvalue weighted by Crippen LogP contribution is 2.27. The van der Waals surface area contributed by atoms with Crippen LogP contribution in [0.25, 0.3) is 5.57 Å². The minimum Gasteiger partial charge on any atom is -0.361 e. The predicted octanol–water partition coefficient (Wildman–Crippen LogP) is 4.18. The lowest BCUT2D eigenvalue weighted by Crippen LogP contribution is -2.05. The fourth-order valence-electron chi connectivity index (χ4n) is 1.78. The monoisotopic (exact) mass is 268 g/mol. The molecule has 0 saturated carbocycles. The number of rotatable bonds is 2. The maximum absolute atomic E-state index is 6.17. The van der Waals surface area contributed by atoms with E-state index in [0.29, 0.717) is 17.6 Å². The summed E-state index contributed by atoms with van der Waals surface area (Å²) in [7, 11) is 0. The fourth-order valence-corrected chi connectivity index (χ4v) is 2.38. The number of nitrogens with one attached hydrogen (secondary N) is 1. The number of aliphatic imine (C=N–C) groups is 1. The molecule has 0 aromatic carbocycles. The Morgan fingerprint density at radius 3 is 3.00 bits per heavy atom. The lowest BCUT2D eigenvalue weighted by Gasteiger charge is -2.12. The van der Waals surface area contributed by atoms with Gasteiger partial charge in [-0.15, -0.1) is 0 Å². The Morgan fingerprint density at radius 1 is 1.53 bits per heavy atom. The van der Waals surface area contributed by atoms with Crippen LogP contribution in [-0.4, -0.2) is 16.7 Å². The van der Waals surface area contributed by atoms with Crippen LogP contribution in [0.4, 0.5) is 0 Å². The van der Waals surface area contributed by atoms with Gasteiger partial charge in [-0.1, -0.05) is 43.1 Å². The van der Waals surface area contributed by atoms with Crippen molar-refractivity contribution in [1.82, 2.24) is 4.98 Å². The molecule has 0 aliphatic carbocycles. The zero-order valence-corrected chi connectivity index (χ0v) is 11.3. The molecule has 1 aliphatic rings. The lowest BCUT2D eigenvalue weighted by atomic mass is 10.1. The summed E-state index contributed by atoms with van der Waals surface area (Å²) in [5.41, 5.74) is 3.02. The van der Waals surface area contributed by atoms with Crippen LogP contribution >= 0.6 is 23.2 Å². The summed E-state index contributed by atoms with van der Waals surface area (Å²) in [6.07, 6.45) is 5.82. The van der Waals surface area contributed by atoms with Crippen molar-refractivity contribution in [2.45, 2.75) is 13.8 Å². The van der Waals surface area contributed by atoms with Crippen molar-refractivity contribution in [2.75, 3.05) is 6.54 Å². The van der Waals surface area contributed by atoms with Gasteiger partial charge in [-0.25, -0.2) is 0 Å². The summed E-state index contributed by atoms with van der Waals surface area (Å²) >= 11 is 12.2. The second kappa shape index (κ2) is 5.11. The number of allylic oxidation sites excluding steroid dienone is 3. The molecule has 4 heteroatoms. The van der Waals surface area contributed by atoms with E-state index < -0.39 is 0 Å². The molecular weight excluding hydrogens is 255 g/mol. The summed E-state index contributed by atoms with van der Waals surface area (Å²) in [6, 6.07) is 1.92. The van der Waals surface area contributed by atoms with Crippen LogP contribution in [0.15, 0.2) is 34.4 Å². The third-order valence-corrected chi connectivity index (χ3v) is 3.04. The fraction of sp³-hybridized carbons (Fsp3) is 0.308. The lowest BCUT2D eigenvalue weighted by molar-refractivity contribution is 0.830. The first-order valence-electron chi connectivity index (χ1n) is 5.54. The average molecular weight is 269 g/mol. The molecule has 1 N–H and O–H groups in total. The van der Waals surface area contributed by atoms with Gasteiger partial charge in [0.15, 0.2) is 0 Å². The van der Waals surface area contributed by atoms with Gasteiger partial charge in [-0.3, -0.25) is 4.99 Å². The molecule has 90 valence electrons. The average Bonchev–Trinajstić information content (AvgIpc) is 2.70. The number of H-pyrrole nitrogens is 1. The van der Waals surface area contributed by atoms with E-state index in [-0.39, 0.29) is 0 Å². The summed E-state index contributed by atoms with van der Waals surface area (Å²) < 4.78 is 0. The molecule has 1 aromatic heterocycles. The van der Waals surface area contributed by atoms with E-state index in [0.717, 1.165) is 21.9 Å². The Kier molecular flexibility index (Phi) is 3.75. The van der Waals surface area contributed by atoms with Crippen molar-refractivity contribution >= 4 is 33.9 Å². The van der Waals surface area contributed by atoms with Crippen molar-refractivity contribution in [1.29, 1.82) is 0 Å². The van der Waals surface area contributed by atoms with Gasteiger partial charge in [0.25, 0.3) is 0 Å². The SMILES string of the molecule is CC(C)/C=C(Cl)\C=C1/CN=C(Cl)c2cc[nH]c21. The van der Waals surface area contributed by atoms with Crippen molar-refractivity contribution < 1.29 is 0 Å². The van der Waals surface area contributed by atoms with E-state index in [1.807, 2.05) is 24.4 Å². The van der Waals surface area contributed by atoms with Gasteiger partial charge >= 0.3 is 0 Å². The molecule has 2 rings (SSSR count). The zero-order chi connectivity index (χ0) is 12.4. The largest absolute Gasteiger partial charge is 0.361 e. The predicted molar refractivity (Wildman–Crippen MR) is 74.8 cm³/mol. The Labute approximate surface area is 111 Å². The number of fused-ring (bicyclic) bond motifs is 1. The number of hydrogen-bond donors (Lipinski definition) is 1. The minimum absolute atomic E-state index is 0.429. The van der Waals surface area contributed by atoms with Crippen LogP contribution in [0.2, 0.25) is 0 Å². The normalized spacial score (nSPS) is 18.5. The van der Waals surface area contributed by atoms with E-state index in [9.17, 15) is 0 Å². The first-order valence-corrected chi connectivity index (χ1v) is 6.29. The Hall–Kier alpha value is -0.990. The summed E-state index contributed by atoms with van der Waals surface area (Å²) in [4.78, 5) is 7.44. The maximum atomic E-state index is 6.17. The molecule has 0 unspecified atom stereocenters. The van der Waals surface area contributed by atoms with Crippen LogP contribution < -0.4 is 0 Å². The molecular formula is C13H14Cl2N2. The summed E-state index contributed by atoms with van der Waals surface area (Å²) in [5.74, 6) is 0.429. The second-order valence-corrected chi connectivity index (χ2v) is 5.13. The van der Waals surface area contributed by atoms with Crippen molar-refractivity contribution in [3.05, 3.63) is 40.7 Å². The van der Waals surface area contributed by atoms with Crippen LogP contribution in [0.5, 0.6) is 0 Å². The highest BCUT2D eigenvalue weighted by atomic mass is 35.5. The van der Waals surface area contributed by atoms with E-state index in [1.54, 1.807) is 0 Å². The van der Waals surface area contributed by atoms with Crippen molar-refractivity contribution in [3.63, 3.8) is 0 Å². The molecule has 0 atom stereocenters. The third kappa shape index (κ3) is 2.82. The topological polar surface area (TPSA) is 28.1 Å². The quantitative estimate of drug-likeness (QED) is 0.834. The van der Waals surface area contributed by atoms with E-state index >= 15 is 0 Å². The van der Waals surface area contributed by atoms with Gasteiger partial charge < -0.3 is 4.98 Å².